The largest absolute Gasteiger partial charge is 0.351 e. The van der Waals surface area contributed by atoms with Crippen molar-refractivity contribution in [2.24, 2.45) is 0 Å². The maximum absolute atomic E-state index is 13.7. The van der Waals surface area contributed by atoms with Crippen molar-refractivity contribution in [1.82, 2.24) is 20.1 Å². The highest BCUT2D eigenvalue weighted by Gasteiger charge is 2.31. The normalized spacial score (nSPS) is 13.1. The fourth-order valence-electron chi connectivity index (χ4n) is 3.17. The molecule has 160 valence electrons. The number of thioether (sulfide) groups is 1. The van der Waals surface area contributed by atoms with Crippen LogP contribution in [0.3, 0.4) is 0 Å². The third-order valence-corrected chi connectivity index (χ3v) is 5.72. The molecule has 1 aliphatic carbocycles. The van der Waals surface area contributed by atoms with Crippen LogP contribution in [0.4, 0.5) is 10.1 Å². The van der Waals surface area contributed by atoms with Crippen molar-refractivity contribution in [1.29, 1.82) is 0 Å². The zero-order valence-electron chi connectivity index (χ0n) is 17.0. The van der Waals surface area contributed by atoms with Crippen molar-refractivity contribution in [3.8, 4) is 5.69 Å². The zero-order chi connectivity index (χ0) is 21.8. The lowest BCUT2D eigenvalue weighted by Gasteiger charge is -2.12. The zero-order valence-corrected chi connectivity index (χ0v) is 17.8. The Labute approximate surface area is 183 Å². The van der Waals surface area contributed by atoms with Gasteiger partial charge in [0.15, 0.2) is 5.16 Å². The number of rotatable bonds is 8. The molecule has 2 aromatic carbocycles. The predicted molar refractivity (Wildman–Crippen MR) is 117 cm³/mol. The Morgan fingerprint density at radius 1 is 1.16 bits per heavy atom. The summed E-state index contributed by atoms with van der Waals surface area (Å²) in [7, 11) is 0. The summed E-state index contributed by atoms with van der Waals surface area (Å²) in [6.45, 7) is 1.59. The molecule has 1 aliphatic rings. The maximum Gasteiger partial charge on any atom is 0.230 e. The molecule has 0 aliphatic heterocycles. The van der Waals surface area contributed by atoms with E-state index in [0.29, 0.717) is 22.3 Å². The Morgan fingerprint density at radius 2 is 1.97 bits per heavy atom. The highest BCUT2D eigenvalue weighted by Crippen LogP contribution is 2.41. The van der Waals surface area contributed by atoms with Gasteiger partial charge < -0.3 is 10.6 Å². The minimum atomic E-state index is -0.344. The molecule has 0 unspecified atom stereocenters. The van der Waals surface area contributed by atoms with Gasteiger partial charge in [-0.2, -0.15) is 0 Å². The topological polar surface area (TPSA) is 88.9 Å². The van der Waals surface area contributed by atoms with Gasteiger partial charge in [0, 0.05) is 30.6 Å². The van der Waals surface area contributed by atoms with Crippen LogP contribution < -0.4 is 10.6 Å². The van der Waals surface area contributed by atoms with Gasteiger partial charge in [0.25, 0.3) is 0 Å². The van der Waals surface area contributed by atoms with E-state index in [-0.39, 0.29) is 29.9 Å². The second-order valence-corrected chi connectivity index (χ2v) is 8.28. The van der Waals surface area contributed by atoms with Crippen molar-refractivity contribution >= 4 is 29.3 Å². The molecule has 0 radical (unpaired) electrons. The molecule has 1 saturated carbocycles. The van der Waals surface area contributed by atoms with E-state index in [1.807, 2.05) is 28.8 Å². The van der Waals surface area contributed by atoms with E-state index in [1.54, 1.807) is 18.2 Å². The van der Waals surface area contributed by atoms with Crippen molar-refractivity contribution in [3.05, 3.63) is 65.7 Å². The lowest BCUT2D eigenvalue weighted by atomic mass is 10.2. The molecule has 9 heteroatoms. The third kappa shape index (κ3) is 5.29. The molecule has 0 bridgehead atoms. The highest BCUT2D eigenvalue weighted by molar-refractivity contribution is 7.99. The van der Waals surface area contributed by atoms with Gasteiger partial charge in [-0.3, -0.25) is 14.2 Å². The number of halogens is 1. The monoisotopic (exact) mass is 439 g/mol. The van der Waals surface area contributed by atoms with Crippen LogP contribution >= 0.6 is 11.8 Å². The first-order chi connectivity index (χ1) is 15.0. The number of aromatic nitrogens is 3. The van der Waals surface area contributed by atoms with E-state index in [2.05, 4.69) is 20.8 Å². The Bertz CT molecular complexity index is 1110. The average Bonchev–Trinajstić information content (AvgIpc) is 3.50. The summed E-state index contributed by atoms with van der Waals surface area (Å²) >= 11 is 1.27. The number of carbonyl (C=O) groups excluding carboxylic acids is 2. The van der Waals surface area contributed by atoms with Gasteiger partial charge in [-0.1, -0.05) is 36.0 Å². The molecule has 7 nitrogen and oxygen atoms in total. The number of nitrogens with zero attached hydrogens (tertiary/aromatic N) is 3. The Hall–Kier alpha value is -3.20. The Balaban J connectivity index is 1.47. The summed E-state index contributed by atoms with van der Waals surface area (Å²) < 4.78 is 15.7. The fourth-order valence-corrected chi connectivity index (χ4v) is 3.95. The van der Waals surface area contributed by atoms with Gasteiger partial charge in [-0.15, -0.1) is 10.2 Å². The SMILES string of the molecule is CC(=O)Nc1cccc(-n2c(SCC(=O)NCc3ccccc3F)nnc2C2CC2)c1. The van der Waals surface area contributed by atoms with Crippen LogP contribution in [0.5, 0.6) is 0 Å². The number of anilines is 1. The minimum absolute atomic E-state index is 0.128. The standard InChI is InChI=1S/C22H22FN5O2S/c1-14(29)25-17-6-4-7-18(11-17)28-21(15-9-10-15)26-27-22(28)31-13-20(30)24-12-16-5-2-3-8-19(16)23/h2-8,11,15H,9-10,12-13H2,1H3,(H,24,30)(H,25,29). The molecule has 31 heavy (non-hydrogen) atoms. The highest BCUT2D eigenvalue weighted by atomic mass is 32.2. The number of carbonyl (C=O) groups is 2. The molecule has 1 aromatic heterocycles. The van der Waals surface area contributed by atoms with E-state index < -0.39 is 0 Å². The fraction of sp³-hybridized carbons (Fsp3) is 0.273. The van der Waals surface area contributed by atoms with E-state index in [9.17, 15) is 14.0 Å². The van der Waals surface area contributed by atoms with Crippen molar-refractivity contribution in [3.63, 3.8) is 0 Å². The van der Waals surface area contributed by atoms with Crippen molar-refractivity contribution in [2.45, 2.75) is 37.4 Å². The van der Waals surface area contributed by atoms with E-state index in [4.69, 9.17) is 0 Å². The summed E-state index contributed by atoms with van der Waals surface area (Å²) in [5, 5.41) is 14.8. The molecule has 0 spiro atoms. The lowest BCUT2D eigenvalue weighted by Crippen LogP contribution is -2.25. The number of benzene rings is 2. The predicted octanol–water partition coefficient (Wildman–Crippen LogP) is 3.65. The summed E-state index contributed by atoms with van der Waals surface area (Å²) in [6, 6.07) is 13.8. The number of nitrogens with one attached hydrogen (secondary N) is 2. The molecule has 4 rings (SSSR count). The van der Waals surface area contributed by atoms with Gasteiger partial charge in [0.2, 0.25) is 11.8 Å². The molecular formula is C22H22FN5O2S. The summed E-state index contributed by atoms with van der Waals surface area (Å²) in [5.74, 6) is 0.619. The molecule has 1 heterocycles. The van der Waals surface area contributed by atoms with Crippen LogP contribution in [0, 0.1) is 5.82 Å². The number of hydrogen-bond acceptors (Lipinski definition) is 5. The smallest absolute Gasteiger partial charge is 0.230 e. The second-order valence-electron chi connectivity index (χ2n) is 7.34. The molecule has 2 N–H and O–H groups in total. The molecule has 2 amide bonds. The summed E-state index contributed by atoms with van der Waals surface area (Å²) in [5.41, 5.74) is 1.95. The van der Waals surface area contributed by atoms with Crippen LogP contribution in [-0.4, -0.2) is 32.3 Å². The van der Waals surface area contributed by atoms with Gasteiger partial charge in [0.05, 0.1) is 11.4 Å². The van der Waals surface area contributed by atoms with Gasteiger partial charge >= 0.3 is 0 Å². The van der Waals surface area contributed by atoms with Crippen molar-refractivity contribution < 1.29 is 14.0 Å². The number of amides is 2. The first-order valence-electron chi connectivity index (χ1n) is 9.97. The Kier molecular flexibility index (Phi) is 6.31. The summed E-state index contributed by atoms with van der Waals surface area (Å²) in [6.07, 6.45) is 2.11. The molecule has 0 saturated heterocycles. The van der Waals surface area contributed by atoms with Crippen molar-refractivity contribution in [2.75, 3.05) is 11.1 Å². The first kappa shape index (κ1) is 21.0. The maximum atomic E-state index is 13.7. The van der Waals surface area contributed by atoms with Gasteiger partial charge in [0.1, 0.15) is 11.6 Å². The van der Waals surface area contributed by atoms with Gasteiger partial charge in [-0.05, 0) is 37.1 Å². The molecule has 1 fully saturated rings. The second kappa shape index (κ2) is 9.30. The lowest BCUT2D eigenvalue weighted by molar-refractivity contribution is -0.118. The van der Waals surface area contributed by atoms with E-state index in [1.165, 1.54) is 24.8 Å². The van der Waals surface area contributed by atoms with Crippen LogP contribution in [0.25, 0.3) is 5.69 Å². The first-order valence-corrected chi connectivity index (χ1v) is 11.0. The van der Waals surface area contributed by atoms with Crippen LogP contribution in [0.2, 0.25) is 0 Å². The minimum Gasteiger partial charge on any atom is -0.351 e. The quantitative estimate of drug-likeness (QED) is 0.523. The van der Waals surface area contributed by atoms with Crippen LogP contribution in [0.15, 0.2) is 53.7 Å². The van der Waals surface area contributed by atoms with Crippen LogP contribution in [0.1, 0.15) is 37.1 Å². The van der Waals surface area contributed by atoms with Gasteiger partial charge in [-0.25, -0.2) is 4.39 Å². The summed E-state index contributed by atoms with van der Waals surface area (Å²) in [4.78, 5) is 23.7. The average molecular weight is 440 g/mol. The van der Waals surface area contributed by atoms with Crippen LogP contribution in [-0.2, 0) is 16.1 Å². The molecule has 0 atom stereocenters. The third-order valence-electron chi connectivity index (χ3n) is 4.79. The number of hydrogen-bond donors (Lipinski definition) is 2. The molecular weight excluding hydrogens is 417 g/mol. The van der Waals surface area contributed by atoms with E-state index in [0.717, 1.165) is 24.4 Å². The Morgan fingerprint density at radius 3 is 2.71 bits per heavy atom. The molecule has 3 aromatic rings. The van der Waals surface area contributed by atoms with E-state index >= 15 is 0 Å².